The van der Waals surface area contributed by atoms with Gasteiger partial charge in [0.2, 0.25) is 0 Å². The number of hydrogen-bond donors (Lipinski definition) is 3. The van der Waals surface area contributed by atoms with Crippen LogP contribution in [0.3, 0.4) is 0 Å². The molecule has 220 valence electrons. The largest absolute Gasteiger partial charge is 0.350 e. The molecule has 0 atom stereocenters. The van der Waals surface area contributed by atoms with Crippen molar-refractivity contribution in [2.75, 3.05) is 5.32 Å². The molecule has 7 rings (SSSR count). The first-order valence-electron chi connectivity index (χ1n) is 15.1. The molecule has 0 saturated heterocycles. The summed E-state index contributed by atoms with van der Waals surface area (Å²) < 4.78 is 1.44. The number of aromatic nitrogens is 3. The predicted octanol–water partition coefficient (Wildman–Crippen LogP) is 5.67. The van der Waals surface area contributed by atoms with Gasteiger partial charge in [-0.05, 0) is 98.3 Å². The molecular weight excluding hydrogens is 552 g/mol. The normalized spacial score (nSPS) is 14.3. The topological polar surface area (TPSA) is 118 Å². The van der Waals surface area contributed by atoms with Gasteiger partial charge in [0.25, 0.3) is 17.4 Å². The first kappa shape index (κ1) is 27.5. The Balaban J connectivity index is 1.27. The van der Waals surface area contributed by atoms with Gasteiger partial charge in [-0.25, -0.2) is 4.68 Å². The number of amides is 2. The van der Waals surface area contributed by atoms with Crippen LogP contribution in [0.15, 0.2) is 89.9 Å². The van der Waals surface area contributed by atoms with E-state index in [1.807, 2.05) is 73.7 Å². The van der Waals surface area contributed by atoms with Crippen LogP contribution < -0.4 is 21.5 Å². The summed E-state index contributed by atoms with van der Waals surface area (Å²) in [6.07, 6.45) is 5.64. The van der Waals surface area contributed by atoms with Crippen molar-refractivity contribution in [3.05, 3.63) is 107 Å². The molecule has 2 aromatic heterocycles. The highest BCUT2D eigenvalue weighted by Gasteiger charge is 2.26. The van der Waals surface area contributed by atoms with Crippen molar-refractivity contribution < 1.29 is 9.59 Å². The fourth-order valence-corrected chi connectivity index (χ4v) is 5.25. The van der Waals surface area contributed by atoms with Crippen molar-refractivity contribution in [1.29, 1.82) is 0 Å². The lowest BCUT2D eigenvalue weighted by Gasteiger charge is -2.14. The van der Waals surface area contributed by atoms with Crippen molar-refractivity contribution in [2.45, 2.75) is 51.2 Å². The second-order valence-electron chi connectivity index (χ2n) is 11.4. The number of hydrogen-bond acceptors (Lipinski definition) is 6. The Morgan fingerprint density at radius 2 is 1.45 bits per heavy atom. The average molecular weight is 585 g/mol. The van der Waals surface area contributed by atoms with Crippen LogP contribution in [0.1, 0.15) is 53.3 Å². The molecule has 0 bridgehead atoms. The summed E-state index contributed by atoms with van der Waals surface area (Å²) in [4.78, 5) is 43.9. The van der Waals surface area contributed by atoms with E-state index in [2.05, 4.69) is 26.0 Å². The van der Waals surface area contributed by atoms with Crippen LogP contribution in [0.5, 0.6) is 0 Å². The van der Waals surface area contributed by atoms with Crippen molar-refractivity contribution in [1.82, 2.24) is 25.4 Å². The van der Waals surface area contributed by atoms with E-state index in [9.17, 15) is 14.4 Å². The minimum Gasteiger partial charge on any atom is -0.350 e. The molecule has 2 aliphatic carbocycles. The van der Waals surface area contributed by atoms with Crippen molar-refractivity contribution in [3.8, 4) is 22.4 Å². The van der Waals surface area contributed by atoms with Gasteiger partial charge in [0, 0.05) is 52.6 Å². The third-order valence-electron chi connectivity index (χ3n) is 7.96. The van der Waals surface area contributed by atoms with Crippen LogP contribution in [0.4, 0.5) is 11.4 Å². The van der Waals surface area contributed by atoms with Gasteiger partial charge in [-0.15, -0.1) is 0 Å². The van der Waals surface area contributed by atoms with E-state index in [-0.39, 0.29) is 29.5 Å². The summed E-state index contributed by atoms with van der Waals surface area (Å²) in [5.41, 5.74) is 5.67. The van der Waals surface area contributed by atoms with E-state index in [0.29, 0.717) is 29.1 Å². The number of nitrogens with one attached hydrogen (secondary N) is 3. The first-order valence-corrected chi connectivity index (χ1v) is 15.1. The van der Waals surface area contributed by atoms with Crippen LogP contribution in [-0.4, -0.2) is 38.7 Å². The number of benzene rings is 3. The van der Waals surface area contributed by atoms with Gasteiger partial charge >= 0.3 is 0 Å². The Bertz CT molecular complexity index is 1930. The van der Waals surface area contributed by atoms with Gasteiger partial charge in [0.15, 0.2) is 0 Å². The van der Waals surface area contributed by atoms with Crippen molar-refractivity contribution >= 4 is 34.1 Å². The number of nitrogens with zero attached hydrogens (tertiary/aromatic N) is 3. The molecule has 0 aliphatic heterocycles. The number of anilines is 2. The molecule has 0 radical (unpaired) electrons. The van der Waals surface area contributed by atoms with E-state index < -0.39 is 0 Å². The fourth-order valence-electron chi connectivity index (χ4n) is 5.25. The van der Waals surface area contributed by atoms with Crippen LogP contribution in [0.2, 0.25) is 0 Å². The summed E-state index contributed by atoms with van der Waals surface area (Å²) >= 11 is 0. The van der Waals surface area contributed by atoms with E-state index in [0.717, 1.165) is 59.0 Å². The zero-order chi connectivity index (χ0) is 30.2. The molecule has 3 aromatic carbocycles. The summed E-state index contributed by atoms with van der Waals surface area (Å²) in [5.74, 6) is -0.357. The predicted molar refractivity (Wildman–Crippen MR) is 171 cm³/mol. The summed E-state index contributed by atoms with van der Waals surface area (Å²) in [7, 11) is 0. The quantitative estimate of drug-likeness (QED) is 0.205. The van der Waals surface area contributed by atoms with Gasteiger partial charge in [-0.1, -0.05) is 24.3 Å². The van der Waals surface area contributed by atoms with E-state index in [4.69, 9.17) is 0 Å². The fraction of sp³-hybridized carbons (Fsp3) is 0.229. The first-order chi connectivity index (χ1) is 21.4. The molecule has 2 amide bonds. The molecular formula is C35H32N6O3. The minimum absolute atomic E-state index is 0.179. The van der Waals surface area contributed by atoms with Gasteiger partial charge < -0.3 is 16.0 Å². The van der Waals surface area contributed by atoms with Gasteiger partial charge in [-0.3, -0.25) is 19.4 Å². The smallest absolute Gasteiger partial charge is 0.290 e. The SMILES string of the molecule is CCn1nc(-c2cccc(-c3cc(C(=O)NC4CC4)cc(C(=O)NC4CC4)c3)c2)cc(Nc2cccc3ncccc23)c1=O. The Kier molecular flexibility index (Phi) is 7.13. The van der Waals surface area contributed by atoms with Gasteiger partial charge in [0.1, 0.15) is 5.69 Å². The lowest BCUT2D eigenvalue weighted by Crippen LogP contribution is -2.28. The maximum absolute atomic E-state index is 13.3. The number of rotatable bonds is 9. The number of fused-ring (bicyclic) bond motifs is 1. The maximum Gasteiger partial charge on any atom is 0.290 e. The summed E-state index contributed by atoms with van der Waals surface area (Å²) in [6.45, 7) is 2.28. The lowest BCUT2D eigenvalue weighted by molar-refractivity contribution is 0.0950. The second kappa shape index (κ2) is 11.4. The Labute approximate surface area is 254 Å². The van der Waals surface area contributed by atoms with E-state index >= 15 is 0 Å². The van der Waals surface area contributed by atoms with Gasteiger partial charge in [-0.2, -0.15) is 5.10 Å². The van der Waals surface area contributed by atoms with Crippen molar-refractivity contribution in [3.63, 3.8) is 0 Å². The summed E-state index contributed by atoms with van der Waals surface area (Å²) in [5, 5.41) is 15.0. The second-order valence-corrected chi connectivity index (χ2v) is 11.4. The number of carbonyl (C=O) groups is 2. The minimum atomic E-state index is -0.228. The number of carbonyl (C=O) groups excluding carboxylic acids is 2. The molecule has 2 saturated carbocycles. The highest BCUT2D eigenvalue weighted by atomic mass is 16.2. The van der Waals surface area contributed by atoms with Gasteiger partial charge in [0.05, 0.1) is 11.2 Å². The van der Waals surface area contributed by atoms with E-state index in [1.165, 1.54) is 4.68 Å². The van der Waals surface area contributed by atoms with Crippen LogP contribution >= 0.6 is 0 Å². The standard InChI is InChI=1S/C35H32N6O3/c1-2-41-35(44)32(39-30-10-4-9-29-28(30)8-5-15-36-29)20-31(40-41)22-7-3-6-21(16-22)23-17-24(33(42)37-26-11-12-26)19-25(18-23)34(43)38-27-13-14-27/h3-10,15-20,26-27,39H,2,11-14H2,1H3,(H,37,42)(H,38,43). The number of pyridine rings is 1. The highest BCUT2D eigenvalue weighted by Crippen LogP contribution is 2.30. The highest BCUT2D eigenvalue weighted by molar-refractivity contribution is 6.02. The van der Waals surface area contributed by atoms with Crippen LogP contribution in [0.25, 0.3) is 33.3 Å². The van der Waals surface area contributed by atoms with Crippen molar-refractivity contribution in [2.24, 2.45) is 0 Å². The molecule has 5 aromatic rings. The molecule has 2 aliphatic rings. The maximum atomic E-state index is 13.3. The Hall–Kier alpha value is -5.31. The molecule has 3 N–H and O–H groups in total. The van der Waals surface area contributed by atoms with E-state index in [1.54, 1.807) is 18.3 Å². The Morgan fingerprint density at radius 1 is 0.773 bits per heavy atom. The molecule has 2 heterocycles. The third-order valence-corrected chi connectivity index (χ3v) is 7.96. The molecule has 2 fully saturated rings. The lowest BCUT2D eigenvalue weighted by atomic mass is 9.97. The monoisotopic (exact) mass is 584 g/mol. The average Bonchev–Trinajstić information content (AvgIpc) is 4.00. The van der Waals surface area contributed by atoms with Crippen LogP contribution in [-0.2, 0) is 6.54 Å². The third kappa shape index (κ3) is 5.81. The molecule has 0 unspecified atom stereocenters. The molecule has 0 spiro atoms. The molecule has 44 heavy (non-hydrogen) atoms. The number of aryl methyl sites for hydroxylation is 1. The summed E-state index contributed by atoms with van der Waals surface area (Å²) in [6, 6.07) is 24.8. The Morgan fingerprint density at radius 3 is 2.14 bits per heavy atom. The zero-order valence-electron chi connectivity index (χ0n) is 24.3. The molecule has 9 heteroatoms. The molecule has 9 nitrogen and oxygen atoms in total. The van der Waals surface area contributed by atoms with Crippen LogP contribution in [0, 0.1) is 0 Å². The zero-order valence-corrected chi connectivity index (χ0v) is 24.3.